The third-order valence-corrected chi connectivity index (χ3v) is 2.84. The summed E-state index contributed by atoms with van der Waals surface area (Å²) in [5.74, 6) is 1.31. The van der Waals surface area contributed by atoms with Gasteiger partial charge in [-0.2, -0.15) is 0 Å². The van der Waals surface area contributed by atoms with E-state index < -0.39 is 4.92 Å². The summed E-state index contributed by atoms with van der Waals surface area (Å²) in [4.78, 5) is 18.6. The minimum absolute atomic E-state index is 0.0876. The van der Waals surface area contributed by atoms with Crippen molar-refractivity contribution < 1.29 is 14.4 Å². The first-order chi connectivity index (χ1) is 10.1. The van der Waals surface area contributed by atoms with E-state index in [1.54, 1.807) is 20.0 Å². The lowest BCUT2D eigenvalue weighted by Gasteiger charge is -2.10. The van der Waals surface area contributed by atoms with Gasteiger partial charge >= 0.3 is 5.69 Å². The molecule has 0 saturated carbocycles. The molecule has 0 aliphatic carbocycles. The lowest BCUT2D eigenvalue weighted by atomic mass is 10.2. The molecule has 0 fully saturated rings. The highest BCUT2D eigenvalue weighted by atomic mass is 16.6. The third kappa shape index (κ3) is 2.99. The maximum absolute atomic E-state index is 11.1. The highest BCUT2D eigenvalue weighted by Gasteiger charge is 2.19. The molecule has 0 spiro atoms. The van der Waals surface area contributed by atoms with E-state index in [9.17, 15) is 10.1 Å². The van der Waals surface area contributed by atoms with Gasteiger partial charge in [-0.05, 0) is 19.1 Å². The van der Waals surface area contributed by atoms with Crippen molar-refractivity contribution in [3.05, 3.63) is 40.2 Å². The van der Waals surface area contributed by atoms with Crippen molar-refractivity contribution in [1.29, 1.82) is 0 Å². The zero-order chi connectivity index (χ0) is 15.4. The molecule has 21 heavy (non-hydrogen) atoms. The maximum atomic E-state index is 11.1. The summed E-state index contributed by atoms with van der Waals surface area (Å²) in [6.45, 7) is 1.76. The van der Waals surface area contributed by atoms with E-state index in [1.807, 2.05) is 0 Å². The van der Waals surface area contributed by atoms with Gasteiger partial charge in [0, 0.05) is 7.05 Å². The largest absolute Gasteiger partial charge is 0.496 e. The summed E-state index contributed by atoms with van der Waals surface area (Å²) in [7, 11) is 3.16. The third-order valence-electron chi connectivity index (χ3n) is 2.84. The predicted molar refractivity (Wildman–Crippen MR) is 76.0 cm³/mol. The van der Waals surface area contributed by atoms with Crippen molar-refractivity contribution in [3.8, 4) is 17.4 Å². The van der Waals surface area contributed by atoms with Gasteiger partial charge in [-0.3, -0.25) is 10.1 Å². The number of hydrogen-bond acceptors (Lipinski definition) is 7. The van der Waals surface area contributed by atoms with Crippen molar-refractivity contribution in [1.82, 2.24) is 9.97 Å². The lowest BCUT2D eigenvalue weighted by molar-refractivity contribution is -0.385. The second-order valence-electron chi connectivity index (χ2n) is 4.10. The minimum Gasteiger partial charge on any atom is -0.496 e. The first-order valence-corrected chi connectivity index (χ1v) is 6.06. The molecule has 1 aromatic carbocycles. The normalized spacial score (nSPS) is 10.0. The number of nitrogens with zero attached hydrogens (tertiary/aromatic N) is 3. The van der Waals surface area contributed by atoms with Gasteiger partial charge in [0.2, 0.25) is 11.6 Å². The number of nitrogens with one attached hydrogen (secondary N) is 1. The minimum atomic E-state index is -0.534. The van der Waals surface area contributed by atoms with Crippen LogP contribution in [0.4, 0.5) is 11.5 Å². The van der Waals surface area contributed by atoms with E-state index in [4.69, 9.17) is 9.47 Å². The van der Waals surface area contributed by atoms with E-state index in [0.29, 0.717) is 17.1 Å². The highest BCUT2D eigenvalue weighted by molar-refractivity contribution is 5.54. The van der Waals surface area contributed by atoms with Crippen molar-refractivity contribution in [2.75, 3.05) is 19.5 Å². The fraction of sp³-hybridized carbons (Fsp3) is 0.231. The molecule has 1 aromatic heterocycles. The summed E-state index contributed by atoms with van der Waals surface area (Å²) < 4.78 is 10.5. The van der Waals surface area contributed by atoms with E-state index in [-0.39, 0.29) is 17.3 Å². The van der Waals surface area contributed by atoms with Crippen LogP contribution in [0.25, 0.3) is 0 Å². The van der Waals surface area contributed by atoms with Crippen LogP contribution in [0.3, 0.4) is 0 Å². The second-order valence-corrected chi connectivity index (χ2v) is 4.10. The number of ether oxygens (including phenoxy) is 2. The number of methoxy groups -OCH3 is 1. The van der Waals surface area contributed by atoms with Crippen LogP contribution < -0.4 is 14.8 Å². The summed E-state index contributed by atoms with van der Waals surface area (Å²) in [5.41, 5.74) is 0.462. The van der Waals surface area contributed by atoms with Crippen LogP contribution in [0, 0.1) is 17.0 Å². The molecule has 110 valence electrons. The molecule has 0 radical (unpaired) electrons. The Labute approximate surface area is 120 Å². The van der Waals surface area contributed by atoms with Crippen molar-refractivity contribution in [3.63, 3.8) is 0 Å². The SMILES string of the molecule is CNc1ncnc(Oc2ccc(OC)cc2[N+](=O)[O-])c1C. The molecule has 1 heterocycles. The Morgan fingerprint density at radius 3 is 2.71 bits per heavy atom. The Bertz CT molecular complexity index is 675. The number of nitro groups is 1. The topological polar surface area (TPSA) is 99.4 Å². The fourth-order valence-electron chi connectivity index (χ4n) is 1.75. The predicted octanol–water partition coefficient (Wildman–Crippen LogP) is 2.54. The standard InChI is InChI=1S/C13H14N4O4/c1-8-12(14-2)15-7-16-13(8)21-11-5-4-9(20-3)6-10(11)17(18)19/h4-7H,1-3H3,(H,14,15,16). The Kier molecular flexibility index (Phi) is 4.17. The van der Waals surface area contributed by atoms with Crippen LogP contribution in [-0.2, 0) is 0 Å². The molecule has 0 aliphatic heterocycles. The fourth-order valence-corrected chi connectivity index (χ4v) is 1.75. The molecular weight excluding hydrogens is 276 g/mol. The second kappa shape index (κ2) is 6.04. The molecule has 0 aliphatic rings. The van der Waals surface area contributed by atoms with Gasteiger partial charge in [0.1, 0.15) is 17.9 Å². The molecule has 2 aromatic rings. The van der Waals surface area contributed by atoms with Crippen LogP contribution in [0.2, 0.25) is 0 Å². The summed E-state index contributed by atoms with van der Waals surface area (Å²) >= 11 is 0. The molecule has 0 amide bonds. The average Bonchev–Trinajstić information content (AvgIpc) is 2.49. The quantitative estimate of drug-likeness (QED) is 0.667. The zero-order valence-corrected chi connectivity index (χ0v) is 11.8. The molecule has 2 rings (SSSR count). The Hall–Kier alpha value is -2.90. The van der Waals surface area contributed by atoms with Gasteiger partial charge in [-0.15, -0.1) is 0 Å². The summed E-state index contributed by atoms with van der Waals surface area (Å²) in [5, 5.41) is 14.0. The smallest absolute Gasteiger partial charge is 0.315 e. The van der Waals surface area contributed by atoms with Gasteiger partial charge in [0.05, 0.1) is 23.7 Å². The van der Waals surface area contributed by atoms with E-state index in [0.717, 1.165) is 0 Å². The van der Waals surface area contributed by atoms with Crippen LogP contribution in [0.5, 0.6) is 17.4 Å². The number of benzene rings is 1. The van der Waals surface area contributed by atoms with E-state index >= 15 is 0 Å². The van der Waals surface area contributed by atoms with Gasteiger partial charge in [0.15, 0.2) is 0 Å². The van der Waals surface area contributed by atoms with Crippen molar-refractivity contribution in [2.45, 2.75) is 6.92 Å². The van der Waals surface area contributed by atoms with Crippen molar-refractivity contribution in [2.24, 2.45) is 0 Å². The first kappa shape index (κ1) is 14.5. The number of rotatable bonds is 5. The van der Waals surface area contributed by atoms with Crippen LogP contribution in [0.1, 0.15) is 5.56 Å². The summed E-state index contributed by atoms with van der Waals surface area (Å²) in [6.07, 6.45) is 1.32. The molecule has 0 bridgehead atoms. The number of nitro benzene ring substituents is 1. The first-order valence-electron chi connectivity index (χ1n) is 6.06. The molecule has 0 atom stereocenters. The molecule has 1 N–H and O–H groups in total. The van der Waals surface area contributed by atoms with Gasteiger partial charge in [-0.25, -0.2) is 9.97 Å². The van der Waals surface area contributed by atoms with Gasteiger partial charge in [-0.1, -0.05) is 0 Å². The number of aromatic nitrogens is 2. The Balaban J connectivity index is 2.42. The van der Waals surface area contributed by atoms with Gasteiger partial charge < -0.3 is 14.8 Å². The molecular formula is C13H14N4O4. The van der Waals surface area contributed by atoms with E-state index in [1.165, 1.54) is 25.6 Å². The Morgan fingerprint density at radius 1 is 1.33 bits per heavy atom. The van der Waals surface area contributed by atoms with Crippen molar-refractivity contribution >= 4 is 11.5 Å². The zero-order valence-electron chi connectivity index (χ0n) is 11.8. The maximum Gasteiger partial charge on any atom is 0.315 e. The summed E-state index contributed by atoms with van der Waals surface area (Å²) in [6, 6.07) is 4.35. The van der Waals surface area contributed by atoms with Crippen LogP contribution >= 0.6 is 0 Å². The molecule has 0 unspecified atom stereocenters. The van der Waals surface area contributed by atoms with Gasteiger partial charge in [0.25, 0.3) is 0 Å². The van der Waals surface area contributed by atoms with E-state index in [2.05, 4.69) is 15.3 Å². The monoisotopic (exact) mass is 290 g/mol. The number of hydrogen-bond donors (Lipinski definition) is 1. The van der Waals surface area contributed by atoms with Crippen LogP contribution in [-0.4, -0.2) is 29.0 Å². The highest BCUT2D eigenvalue weighted by Crippen LogP contribution is 2.35. The molecule has 8 nitrogen and oxygen atoms in total. The molecule has 8 heteroatoms. The molecule has 0 saturated heterocycles. The lowest BCUT2D eigenvalue weighted by Crippen LogP contribution is -2.01. The average molecular weight is 290 g/mol. The Morgan fingerprint density at radius 2 is 2.10 bits per heavy atom. The van der Waals surface area contributed by atoms with Crippen LogP contribution in [0.15, 0.2) is 24.5 Å². The number of anilines is 1.